The predicted molar refractivity (Wildman–Crippen MR) is 101 cm³/mol. The summed E-state index contributed by atoms with van der Waals surface area (Å²) in [6.07, 6.45) is 4.32. The summed E-state index contributed by atoms with van der Waals surface area (Å²) in [5.41, 5.74) is 4.67. The van der Waals surface area contributed by atoms with Gasteiger partial charge in [-0.15, -0.1) is 0 Å². The Morgan fingerprint density at radius 2 is 1.54 bits per heavy atom. The van der Waals surface area contributed by atoms with Crippen LogP contribution in [0.4, 0.5) is 0 Å². The van der Waals surface area contributed by atoms with E-state index in [0.29, 0.717) is 0 Å². The molecule has 3 nitrogen and oxygen atoms in total. The molecular weight excluding hydrogens is 294 g/mol. The number of benzene rings is 2. The lowest BCUT2D eigenvalue weighted by Gasteiger charge is -2.11. The first-order valence-electron chi connectivity index (χ1n) is 8.77. The van der Waals surface area contributed by atoms with Crippen LogP contribution < -0.4 is 5.32 Å². The summed E-state index contributed by atoms with van der Waals surface area (Å²) in [7, 11) is 0. The molecule has 1 heterocycles. The first-order chi connectivity index (χ1) is 11.9. The van der Waals surface area contributed by atoms with Crippen molar-refractivity contribution in [2.75, 3.05) is 13.1 Å². The van der Waals surface area contributed by atoms with E-state index in [1.165, 1.54) is 23.2 Å². The van der Waals surface area contributed by atoms with Gasteiger partial charge in [-0.1, -0.05) is 67.6 Å². The van der Waals surface area contributed by atoms with Crippen molar-refractivity contribution in [1.82, 2.24) is 14.9 Å². The molecule has 0 aliphatic heterocycles. The first kappa shape index (κ1) is 16.5. The minimum Gasteiger partial charge on any atom is -0.330 e. The minimum absolute atomic E-state index is 0.995. The van der Waals surface area contributed by atoms with Gasteiger partial charge in [-0.05, 0) is 25.9 Å². The van der Waals surface area contributed by atoms with Gasteiger partial charge in [0.25, 0.3) is 0 Å². The van der Waals surface area contributed by atoms with E-state index >= 15 is 0 Å². The summed E-state index contributed by atoms with van der Waals surface area (Å²) in [5, 5.41) is 3.39. The normalized spacial score (nSPS) is 10.9. The van der Waals surface area contributed by atoms with Crippen LogP contribution in [0.2, 0.25) is 0 Å². The monoisotopic (exact) mass is 319 g/mol. The van der Waals surface area contributed by atoms with E-state index in [2.05, 4.69) is 71.4 Å². The number of rotatable bonds is 8. The second-order valence-electron chi connectivity index (χ2n) is 5.93. The molecule has 2 aromatic carbocycles. The van der Waals surface area contributed by atoms with Crippen molar-refractivity contribution in [2.45, 2.75) is 26.3 Å². The van der Waals surface area contributed by atoms with Gasteiger partial charge in [-0.2, -0.15) is 0 Å². The summed E-state index contributed by atoms with van der Waals surface area (Å²) >= 11 is 0. The van der Waals surface area contributed by atoms with E-state index in [1.807, 2.05) is 12.4 Å². The fraction of sp³-hybridized carbons (Fsp3) is 0.286. The lowest BCUT2D eigenvalue weighted by atomic mass is 10.0. The molecule has 1 aromatic heterocycles. The van der Waals surface area contributed by atoms with Crippen molar-refractivity contribution in [2.24, 2.45) is 0 Å². The molecule has 3 rings (SSSR count). The van der Waals surface area contributed by atoms with Gasteiger partial charge in [0, 0.05) is 17.7 Å². The zero-order chi connectivity index (χ0) is 16.6. The highest BCUT2D eigenvalue weighted by molar-refractivity contribution is 5.78. The highest BCUT2D eigenvalue weighted by Crippen LogP contribution is 2.31. The molecule has 0 fully saturated rings. The van der Waals surface area contributed by atoms with Gasteiger partial charge < -0.3 is 9.88 Å². The standard InChI is InChI=1S/C21H25N3/c1-2-22-15-9-10-16-24-17-23-20(18-11-5-3-6-12-18)21(24)19-13-7-4-8-14-19/h3-8,11-14,17,22H,2,9-10,15-16H2,1H3. The molecule has 0 aliphatic rings. The van der Waals surface area contributed by atoms with Gasteiger partial charge in [0.15, 0.2) is 0 Å². The van der Waals surface area contributed by atoms with Gasteiger partial charge in [-0.25, -0.2) is 4.98 Å². The maximum atomic E-state index is 4.73. The third-order valence-electron chi connectivity index (χ3n) is 4.18. The molecular formula is C21H25N3. The Bertz CT molecular complexity index is 732. The fourth-order valence-corrected chi connectivity index (χ4v) is 2.97. The molecule has 3 heteroatoms. The quantitative estimate of drug-likeness (QED) is 0.615. The summed E-state index contributed by atoms with van der Waals surface area (Å²) in [6, 6.07) is 21.0. The van der Waals surface area contributed by atoms with E-state index in [4.69, 9.17) is 4.98 Å². The SMILES string of the molecule is CCNCCCCn1cnc(-c2ccccc2)c1-c1ccccc1. The van der Waals surface area contributed by atoms with E-state index in [0.717, 1.165) is 31.7 Å². The number of hydrogen-bond donors (Lipinski definition) is 1. The molecule has 0 spiro atoms. The van der Waals surface area contributed by atoms with Crippen LogP contribution in [0.5, 0.6) is 0 Å². The second-order valence-corrected chi connectivity index (χ2v) is 5.93. The first-order valence-corrected chi connectivity index (χ1v) is 8.77. The molecule has 1 N–H and O–H groups in total. The number of hydrogen-bond acceptors (Lipinski definition) is 2. The number of nitrogens with one attached hydrogen (secondary N) is 1. The summed E-state index contributed by atoms with van der Waals surface area (Å²) in [4.78, 5) is 4.73. The molecule has 0 atom stereocenters. The molecule has 0 radical (unpaired) electrons. The van der Waals surface area contributed by atoms with Gasteiger partial charge >= 0.3 is 0 Å². The molecule has 0 amide bonds. The molecule has 124 valence electrons. The molecule has 24 heavy (non-hydrogen) atoms. The van der Waals surface area contributed by atoms with Crippen LogP contribution in [-0.2, 0) is 6.54 Å². The Morgan fingerprint density at radius 1 is 0.875 bits per heavy atom. The van der Waals surface area contributed by atoms with Gasteiger partial charge in [0.2, 0.25) is 0 Å². The Labute approximate surface area is 144 Å². The highest BCUT2D eigenvalue weighted by Gasteiger charge is 2.14. The second kappa shape index (κ2) is 8.46. The Balaban J connectivity index is 1.88. The Kier molecular flexibility index (Phi) is 5.80. The summed E-state index contributed by atoms with van der Waals surface area (Å²) in [5.74, 6) is 0. The number of aryl methyl sites for hydroxylation is 1. The van der Waals surface area contributed by atoms with Crippen molar-refractivity contribution < 1.29 is 0 Å². The van der Waals surface area contributed by atoms with Crippen molar-refractivity contribution >= 4 is 0 Å². The molecule has 3 aromatic rings. The van der Waals surface area contributed by atoms with Crippen molar-refractivity contribution in [3.8, 4) is 22.5 Å². The maximum Gasteiger partial charge on any atom is 0.0963 e. The van der Waals surface area contributed by atoms with Gasteiger partial charge in [0.1, 0.15) is 0 Å². The average Bonchev–Trinajstić information content (AvgIpc) is 3.07. The number of aromatic nitrogens is 2. The molecule has 0 saturated heterocycles. The maximum absolute atomic E-state index is 4.73. The molecule has 0 saturated carbocycles. The largest absolute Gasteiger partial charge is 0.330 e. The summed E-state index contributed by atoms with van der Waals surface area (Å²) in [6.45, 7) is 5.26. The number of imidazole rings is 1. The van der Waals surface area contributed by atoms with Crippen LogP contribution in [0.15, 0.2) is 67.0 Å². The predicted octanol–water partition coefficient (Wildman–Crippen LogP) is 4.61. The third kappa shape index (κ3) is 3.92. The Hall–Kier alpha value is -2.39. The van der Waals surface area contributed by atoms with E-state index in [-0.39, 0.29) is 0 Å². The molecule has 0 unspecified atom stereocenters. The lowest BCUT2D eigenvalue weighted by molar-refractivity contribution is 0.579. The van der Waals surface area contributed by atoms with Crippen LogP contribution in [0.3, 0.4) is 0 Å². The number of nitrogens with zero attached hydrogens (tertiary/aromatic N) is 2. The minimum atomic E-state index is 0.995. The van der Waals surface area contributed by atoms with Crippen LogP contribution in [0.1, 0.15) is 19.8 Å². The lowest BCUT2D eigenvalue weighted by Crippen LogP contribution is -2.14. The molecule has 0 bridgehead atoms. The van der Waals surface area contributed by atoms with Gasteiger partial charge in [-0.3, -0.25) is 0 Å². The zero-order valence-corrected chi connectivity index (χ0v) is 14.3. The molecule has 0 aliphatic carbocycles. The van der Waals surface area contributed by atoms with Crippen molar-refractivity contribution in [3.63, 3.8) is 0 Å². The van der Waals surface area contributed by atoms with Crippen LogP contribution >= 0.6 is 0 Å². The Morgan fingerprint density at radius 3 is 2.21 bits per heavy atom. The van der Waals surface area contributed by atoms with Crippen LogP contribution in [0.25, 0.3) is 22.5 Å². The topological polar surface area (TPSA) is 29.9 Å². The van der Waals surface area contributed by atoms with Crippen molar-refractivity contribution in [3.05, 3.63) is 67.0 Å². The zero-order valence-electron chi connectivity index (χ0n) is 14.3. The fourth-order valence-electron chi connectivity index (χ4n) is 2.97. The third-order valence-corrected chi connectivity index (χ3v) is 4.18. The van der Waals surface area contributed by atoms with Crippen LogP contribution in [0, 0.1) is 0 Å². The number of unbranched alkanes of at least 4 members (excludes halogenated alkanes) is 1. The average molecular weight is 319 g/mol. The van der Waals surface area contributed by atoms with Gasteiger partial charge in [0.05, 0.1) is 17.7 Å². The van der Waals surface area contributed by atoms with Crippen LogP contribution in [-0.4, -0.2) is 22.6 Å². The van der Waals surface area contributed by atoms with Crippen molar-refractivity contribution in [1.29, 1.82) is 0 Å². The highest BCUT2D eigenvalue weighted by atomic mass is 15.1. The summed E-state index contributed by atoms with van der Waals surface area (Å²) < 4.78 is 2.30. The van der Waals surface area contributed by atoms with E-state index in [9.17, 15) is 0 Å². The van der Waals surface area contributed by atoms with E-state index in [1.54, 1.807) is 0 Å². The van der Waals surface area contributed by atoms with E-state index < -0.39 is 0 Å². The smallest absolute Gasteiger partial charge is 0.0963 e.